The van der Waals surface area contributed by atoms with Crippen molar-refractivity contribution in [3.63, 3.8) is 0 Å². The second-order valence-corrected chi connectivity index (χ2v) is 7.22. The molecule has 0 radical (unpaired) electrons. The minimum atomic E-state index is 0.229. The van der Waals surface area contributed by atoms with E-state index in [-0.39, 0.29) is 5.54 Å². The number of benzene rings is 1. The van der Waals surface area contributed by atoms with Gasteiger partial charge >= 0.3 is 0 Å². The van der Waals surface area contributed by atoms with E-state index in [1.165, 1.54) is 31.5 Å². The van der Waals surface area contributed by atoms with E-state index in [0.717, 1.165) is 12.5 Å². The Bertz CT molecular complexity index is 394. The van der Waals surface area contributed by atoms with Crippen LogP contribution in [0.3, 0.4) is 0 Å². The van der Waals surface area contributed by atoms with E-state index >= 15 is 0 Å². The highest BCUT2D eigenvalue weighted by Gasteiger charge is 2.25. The monoisotopic (exact) mass is 274 g/mol. The smallest absolute Gasteiger partial charge is 0.0320 e. The summed E-state index contributed by atoms with van der Waals surface area (Å²) in [7, 11) is 0. The highest BCUT2D eigenvalue weighted by Crippen LogP contribution is 2.26. The maximum Gasteiger partial charge on any atom is 0.0320 e. The van der Waals surface area contributed by atoms with Crippen molar-refractivity contribution in [1.82, 2.24) is 10.2 Å². The molecular formula is C18H30N2. The van der Waals surface area contributed by atoms with Crippen molar-refractivity contribution in [3.8, 4) is 0 Å². The molecule has 1 aromatic rings. The van der Waals surface area contributed by atoms with Crippen LogP contribution in [0.5, 0.6) is 0 Å². The first-order valence-corrected chi connectivity index (χ1v) is 8.00. The van der Waals surface area contributed by atoms with Gasteiger partial charge in [0.15, 0.2) is 0 Å². The van der Waals surface area contributed by atoms with Gasteiger partial charge < -0.3 is 5.32 Å². The molecule has 0 amide bonds. The van der Waals surface area contributed by atoms with Gasteiger partial charge in [-0.25, -0.2) is 0 Å². The number of rotatable bonds is 4. The SMILES string of the molecule is CC(c1ccccc1)N1CCCC(CNC(C)(C)C)C1. The van der Waals surface area contributed by atoms with Crippen LogP contribution < -0.4 is 5.32 Å². The number of hydrogen-bond donors (Lipinski definition) is 1. The second kappa shape index (κ2) is 6.73. The molecule has 2 atom stereocenters. The molecule has 112 valence electrons. The molecule has 0 aromatic heterocycles. The first kappa shape index (κ1) is 15.5. The van der Waals surface area contributed by atoms with Crippen LogP contribution >= 0.6 is 0 Å². The van der Waals surface area contributed by atoms with Crippen LogP contribution in [0.15, 0.2) is 30.3 Å². The molecule has 1 aliphatic rings. The Morgan fingerprint density at radius 3 is 2.60 bits per heavy atom. The lowest BCUT2D eigenvalue weighted by Crippen LogP contribution is -2.45. The highest BCUT2D eigenvalue weighted by molar-refractivity contribution is 5.18. The first-order chi connectivity index (χ1) is 9.46. The lowest BCUT2D eigenvalue weighted by molar-refractivity contribution is 0.126. The molecule has 0 spiro atoms. The number of nitrogens with one attached hydrogen (secondary N) is 1. The Morgan fingerprint density at radius 2 is 1.95 bits per heavy atom. The summed E-state index contributed by atoms with van der Waals surface area (Å²) in [5, 5.41) is 3.66. The van der Waals surface area contributed by atoms with E-state index in [1.54, 1.807) is 0 Å². The third-order valence-corrected chi connectivity index (χ3v) is 4.30. The van der Waals surface area contributed by atoms with E-state index < -0.39 is 0 Å². The lowest BCUT2D eigenvalue weighted by atomic mass is 9.94. The Kier molecular flexibility index (Phi) is 5.22. The van der Waals surface area contributed by atoms with E-state index in [1.807, 2.05) is 0 Å². The molecule has 0 bridgehead atoms. The van der Waals surface area contributed by atoms with Crippen molar-refractivity contribution in [2.75, 3.05) is 19.6 Å². The van der Waals surface area contributed by atoms with Crippen LogP contribution in [0.1, 0.15) is 52.1 Å². The van der Waals surface area contributed by atoms with Gasteiger partial charge in [0.2, 0.25) is 0 Å². The van der Waals surface area contributed by atoms with Gasteiger partial charge in [0.05, 0.1) is 0 Å². The number of piperidine rings is 1. The Morgan fingerprint density at radius 1 is 1.25 bits per heavy atom. The zero-order valence-electron chi connectivity index (χ0n) is 13.5. The number of likely N-dealkylation sites (tertiary alicyclic amines) is 1. The van der Waals surface area contributed by atoms with Crippen LogP contribution in [0.25, 0.3) is 0 Å². The zero-order chi connectivity index (χ0) is 14.6. The lowest BCUT2D eigenvalue weighted by Gasteiger charge is -2.38. The third kappa shape index (κ3) is 4.60. The summed E-state index contributed by atoms with van der Waals surface area (Å²) in [5.41, 5.74) is 1.67. The van der Waals surface area contributed by atoms with E-state index in [0.29, 0.717) is 6.04 Å². The molecule has 2 rings (SSSR count). The van der Waals surface area contributed by atoms with Gasteiger partial charge in [0, 0.05) is 18.1 Å². The Hall–Kier alpha value is -0.860. The molecule has 0 aliphatic carbocycles. The van der Waals surface area contributed by atoms with Crippen LogP contribution in [-0.4, -0.2) is 30.1 Å². The van der Waals surface area contributed by atoms with Gasteiger partial charge in [-0.2, -0.15) is 0 Å². The van der Waals surface area contributed by atoms with Crippen LogP contribution in [0.4, 0.5) is 0 Å². The molecule has 1 aliphatic heterocycles. The summed E-state index contributed by atoms with van der Waals surface area (Å²) >= 11 is 0. The van der Waals surface area contributed by atoms with Crippen molar-refractivity contribution in [1.29, 1.82) is 0 Å². The van der Waals surface area contributed by atoms with Crippen LogP contribution in [0, 0.1) is 5.92 Å². The van der Waals surface area contributed by atoms with E-state index in [2.05, 4.69) is 68.2 Å². The molecule has 2 nitrogen and oxygen atoms in total. The van der Waals surface area contributed by atoms with E-state index in [4.69, 9.17) is 0 Å². The maximum absolute atomic E-state index is 3.66. The molecule has 1 saturated heterocycles. The van der Waals surface area contributed by atoms with Gasteiger partial charge in [-0.15, -0.1) is 0 Å². The van der Waals surface area contributed by atoms with E-state index in [9.17, 15) is 0 Å². The highest BCUT2D eigenvalue weighted by atomic mass is 15.2. The summed E-state index contributed by atoms with van der Waals surface area (Å²) < 4.78 is 0. The fourth-order valence-corrected chi connectivity index (χ4v) is 3.01. The summed E-state index contributed by atoms with van der Waals surface area (Å²) in [6, 6.07) is 11.4. The number of hydrogen-bond acceptors (Lipinski definition) is 2. The fourth-order valence-electron chi connectivity index (χ4n) is 3.01. The molecule has 1 heterocycles. The van der Waals surface area contributed by atoms with Crippen molar-refractivity contribution < 1.29 is 0 Å². The van der Waals surface area contributed by atoms with Crippen molar-refractivity contribution in [3.05, 3.63) is 35.9 Å². The molecule has 1 aromatic carbocycles. The molecule has 2 heteroatoms. The third-order valence-electron chi connectivity index (χ3n) is 4.30. The minimum Gasteiger partial charge on any atom is -0.312 e. The average molecular weight is 274 g/mol. The van der Waals surface area contributed by atoms with Crippen LogP contribution in [0.2, 0.25) is 0 Å². The van der Waals surface area contributed by atoms with Crippen LogP contribution in [-0.2, 0) is 0 Å². The quantitative estimate of drug-likeness (QED) is 0.897. The summed E-state index contributed by atoms with van der Waals surface area (Å²) in [5.74, 6) is 0.786. The Balaban J connectivity index is 1.90. The molecular weight excluding hydrogens is 244 g/mol. The van der Waals surface area contributed by atoms with Gasteiger partial charge in [-0.05, 0) is 65.1 Å². The first-order valence-electron chi connectivity index (χ1n) is 8.00. The molecule has 1 fully saturated rings. The topological polar surface area (TPSA) is 15.3 Å². The van der Waals surface area contributed by atoms with Crippen molar-refractivity contribution in [2.45, 2.75) is 52.1 Å². The maximum atomic E-state index is 3.66. The largest absolute Gasteiger partial charge is 0.312 e. The fraction of sp³-hybridized carbons (Fsp3) is 0.667. The molecule has 1 N–H and O–H groups in total. The van der Waals surface area contributed by atoms with Gasteiger partial charge in [-0.3, -0.25) is 4.90 Å². The predicted octanol–water partition coefficient (Wildman–Crippen LogP) is 3.85. The standard InChI is InChI=1S/C18H30N2/c1-15(17-10-6-5-7-11-17)20-12-8-9-16(14-20)13-19-18(2,3)4/h5-7,10-11,15-16,19H,8-9,12-14H2,1-4H3. The number of nitrogens with zero attached hydrogens (tertiary/aromatic N) is 1. The summed E-state index contributed by atoms with van der Waals surface area (Å²) in [6.07, 6.45) is 2.69. The molecule has 20 heavy (non-hydrogen) atoms. The molecule has 0 saturated carbocycles. The second-order valence-electron chi connectivity index (χ2n) is 7.22. The van der Waals surface area contributed by atoms with Gasteiger partial charge in [0.1, 0.15) is 0 Å². The Labute approximate surface area is 124 Å². The van der Waals surface area contributed by atoms with Gasteiger partial charge in [0.25, 0.3) is 0 Å². The molecule has 2 unspecified atom stereocenters. The summed E-state index contributed by atoms with van der Waals surface area (Å²) in [4.78, 5) is 2.65. The average Bonchev–Trinajstić information content (AvgIpc) is 2.45. The predicted molar refractivity (Wildman–Crippen MR) is 86.9 cm³/mol. The normalized spacial score (nSPS) is 22.7. The summed E-state index contributed by atoms with van der Waals surface area (Å²) in [6.45, 7) is 12.7. The van der Waals surface area contributed by atoms with Gasteiger partial charge in [-0.1, -0.05) is 30.3 Å². The van der Waals surface area contributed by atoms with Crippen molar-refractivity contribution in [2.24, 2.45) is 5.92 Å². The minimum absolute atomic E-state index is 0.229. The zero-order valence-corrected chi connectivity index (χ0v) is 13.5. The van der Waals surface area contributed by atoms with Crippen molar-refractivity contribution >= 4 is 0 Å².